The Morgan fingerprint density at radius 1 is 0.375 bits per heavy atom. The topological polar surface area (TPSA) is 0 Å². The van der Waals surface area contributed by atoms with E-state index in [2.05, 4.69) is 30.9 Å². The molecular weight excluding hydrogens is 377 g/mol. The minimum atomic E-state index is 0. The van der Waals surface area contributed by atoms with Crippen molar-refractivity contribution in [1.82, 2.24) is 0 Å². The van der Waals surface area contributed by atoms with E-state index in [1.54, 1.807) is 0 Å². The molecule has 190 valence electrons. The van der Waals surface area contributed by atoms with Crippen LogP contribution in [-0.2, 0) is 0 Å². The van der Waals surface area contributed by atoms with Crippen LogP contribution in [-0.4, -0.2) is 46.4 Å². The van der Waals surface area contributed by atoms with E-state index in [9.17, 15) is 0 Å². The first-order valence-corrected chi connectivity index (χ1v) is 12.5. The van der Waals surface area contributed by atoms with Gasteiger partial charge in [-0.1, -0.05) is 174 Å². The molecule has 0 atom stereocenters. The SMILES string of the molecule is C.C.C.C1CC1.C1CCC1.C1CCC1.C1CCC1.CC.CC.CC.CC.[3HH].[B].[B][B].[B][B][B]. The molecule has 4 aliphatic rings. The highest BCUT2D eigenvalue weighted by molar-refractivity contribution is 7.17. The van der Waals surface area contributed by atoms with Crippen molar-refractivity contribution in [3.63, 3.8) is 0 Å². The van der Waals surface area contributed by atoms with E-state index < -0.39 is 0 Å². The van der Waals surface area contributed by atoms with Crippen LogP contribution in [0.1, 0.15) is 175 Å². The lowest BCUT2D eigenvalue weighted by molar-refractivity contribution is 0.504. The fourth-order valence-electron chi connectivity index (χ4n) is 0.750. The summed E-state index contributed by atoms with van der Waals surface area (Å²) in [5.74, 6) is 0. The Hall–Kier alpha value is 0.390. The van der Waals surface area contributed by atoms with Crippen molar-refractivity contribution < 1.29 is 1.43 Å². The average molecular weight is 448 g/mol. The molecule has 4 fully saturated rings. The Morgan fingerprint density at radius 2 is 0.406 bits per heavy atom. The van der Waals surface area contributed by atoms with E-state index in [0.29, 0.717) is 0 Å². The maximum atomic E-state index is 4.50. The Labute approximate surface area is 221 Å². The minimum Gasteiger partial charge on any atom is -0.0776 e. The van der Waals surface area contributed by atoms with Gasteiger partial charge in [0, 0.05) is 47.8 Å². The van der Waals surface area contributed by atoms with Crippen LogP contribution in [0.5, 0.6) is 0 Å². The molecule has 0 heterocycles. The fourth-order valence-corrected chi connectivity index (χ4v) is 0.750. The highest BCUT2D eigenvalue weighted by Crippen LogP contribution is 2.16. The first kappa shape index (κ1) is 63.7. The third kappa shape index (κ3) is 146. The summed E-state index contributed by atoms with van der Waals surface area (Å²) in [6.07, 6.45) is 22.5. The third-order valence-electron chi connectivity index (χ3n) is 3.35. The summed E-state index contributed by atoms with van der Waals surface area (Å²) in [6, 6.07) is 0. The quantitative estimate of drug-likeness (QED) is 0.324. The third-order valence-corrected chi connectivity index (χ3v) is 3.35. The Morgan fingerprint density at radius 3 is 0.406 bits per heavy atom. The molecule has 0 spiro atoms. The van der Waals surface area contributed by atoms with Crippen LogP contribution in [0.15, 0.2) is 0 Å². The van der Waals surface area contributed by atoms with Gasteiger partial charge in [-0.2, -0.15) is 0 Å². The summed E-state index contributed by atoms with van der Waals surface area (Å²) in [7, 11) is 18.0. The predicted octanol–water partition coefficient (Wildman–Crippen LogP) is 9.83. The van der Waals surface area contributed by atoms with Crippen LogP contribution in [0, 0.1) is 0 Å². The molecule has 0 aromatic rings. The molecule has 12 radical (unpaired) electrons. The first-order chi connectivity index (χ1) is 13.9. The van der Waals surface area contributed by atoms with E-state index in [1.165, 1.54) is 96.3 Å². The molecular formula is C26H68B6. The zero-order valence-corrected chi connectivity index (χ0v) is 22.1. The molecule has 0 saturated heterocycles. The molecule has 0 bridgehead atoms. The maximum absolute atomic E-state index is 4.50. The van der Waals surface area contributed by atoms with E-state index in [-0.39, 0.29) is 32.1 Å². The van der Waals surface area contributed by atoms with Crippen LogP contribution < -0.4 is 0 Å². The monoisotopic (exact) mass is 449 g/mol. The fraction of sp³-hybridized carbons (Fsp3) is 1.00. The van der Waals surface area contributed by atoms with Gasteiger partial charge in [-0.15, -0.1) is 0 Å². The van der Waals surface area contributed by atoms with Gasteiger partial charge >= 0.3 is 0 Å². The Kier molecular flexibility index (Phi) is 215. The molecule has 0 aromatic carbocycles. The zero-order valence-electron chi connectivity index (χ0n) is 22.1. The lowest BCUT2D eigenvalue weighted by Gasteiger charge is -2.05. The van der Waals surface area contributed by atoms with Crippen molar-refractivity contribution in [2.45, 2.75) is 174 Å². The van der Waals surface area contributed by atoms with E-state index in [0.717, 1.165) is 7.06 Å². The molecule has 4 saturated carbocycles. The summed E-state index contributed by atoms with van der Waals surface area (Å²) in [4.78, 5) is 0. The van der Waals surface area contributed by atoms with Crippen molar-refractivity contribution in [1.29, 1.82) is 0 Å². The van der Waals surface area contributed by atoms with Crippen molar-refractivity contribution in [3.8, 4) is 0 Å². The minimum absolute atomic E-state index is 0. The molecule has 0 unspecified atom stereocenters. The van der Waals surface area contributed by atoms with Crippen molar-refractivity contribution in [3.05, 3.63) is 0 Å². The highest BCUT2D eigenvalue weighted by atomic mass is 14.0. The molecule has 4 aliphatic carbocycles. The van der Waals surface area contributed by atoms with Gasteiger partial charge in [0.25, 0.3) is 0 Å². The summed E-state index contributed by atoms with van der Waals surface area (Å²) < 4.78 is 0. The molecule has 0 nitrogen and oxygen atoms in total. The van der Waals surface area contributed by atoms with Crippen molar-refractivity contribution >= 4 is 46.4 Å². The van der Waals surface area contributed by atoms with Gasteiger partial charge in [-0.3, -0.25) is 0 Å². The van der Waals surface area contributed by atoms with Gasteiger partial charge in [0.05, 0.1) is 0 Å². The van der Waals surface area contributed by atoms with Gasteiger partial charge < -0.3 is 0 Å². The molecule has 32 heavy (non-hydrogen) atoms. The van der Waals surface area contributed by atoms with Crippen LogP contribution in [0.3, 0.4) is 0 Å². The van der Waals surface area contributed by atoms with E-state index >= 15 is 0 Å². The van der Waals surface area contributed by atoms with Gasteiger partial charge in [0.1, 0.15) is 0 Å². The average Bonchev–Trinajstić information content (AvgIpc) is 3.49. The van der Waals surface area contributed by atoms with E-state index in [4.69, 9.17) is 0 Å². The smallest absolute Gasteiger partial charge is 0 e. The largest absolute Gasteiger partial charge is 0.0776 e. The van der Waals surface area contributed by atoms with Gasteiger partial charge in [0.2, 0.25) is 0 Å². The second kappa shape index (κ2) is 108. The lowest BCUT2D eigenvalue weighted by atomic mass is 9.40. The summed E-state index contributed by atoms with van der Waals surface area (Å²) >= 11 is 0. The van der Waals surface area contributed by atoms with Crippen LogP contribution in [0.25, 0.3) is 0 Å². The molecule has 0 aromatic heterocycles. The summed E-state index contributed by atoms with van der Waals surface area (Å²) in [5, 5.41) is 0. The molecule has 6 heteroatoms. The second-order valence-electron chi connectivity index (χ2n) is 5.50. The van der Waals surface area contributed by atoms with Gasteiger partial charge in [0.15, 0.2) is 0 Å². The second-order valence-corrected chi connectivity index (χ2v) is 5.50. The van der Waals surface area contributed by atoms with Gasteiger partial charge in [-0.05, 0) is 0 Å². The lowest BCUT2D eigenvalue weighted by Crippen LogP contribution is -1.85. The van der Waals surface area contributed by atoms with Crippen LogP contribution >= 0.6 is 0 Å². The molecule has 4 rings (SSSR count). The Bertz CT molecular complexity index is 109. The summed E-state index contributed by atoms with van der Waals surface area (Å²) in [6.45, 7) is 16.0. The number of hydrogen-bond donors (Lipinski definition) is 0. The maximum Gasteiger partial charge on any atom is 0 e. The molecule has 0 amide bonds. The Balaban J connectivity index is -0.0000000181. The first-order valence-electron chi connectivity index (χ1n) is 12.5. The highest BCUT2D eigenvalue weighted by Gasteiger charge is 1.96. The van der Waals surface area contributed by atoms with Gasteiger partial charge in [-0.25, -0.2) is 0 Å². The van der Waals surface area contributed by atoms with E-state index in [1.807, 2.05) is 55.4 Å². The number of rotatable bonds is 0. The van der Waals surface area contributed by atoms with Crippen LogP contribution in [0.4, 0.5) is 0 Å². The number of hydrogen-bond acceptors (Lipinski definition) is 0. The van der Waals surface area contributed by atoms with Crippen molar-refractivity contribution in [2.24, 2.45) is 0 Å². The standard InChI is InChI=1S/3C4H8.C3H6.4C2H6.3CH4.B3.B2.B.H2/c3*1-2-4-3-1;1-2-3-1;4*1-2;;;;1-3-2;1-2;;/h3*1-4H2;1-3H2;4*1-2H3;3*1H4;;;;1H/i;;;;;;;;;;;;;;1+2. The molecule has 0 N–H and O–H groups in total. The summed E-state index contributed by atoms with van der Waals surface area (Å²) in [5.41, 5.74) is 0. The normalized spacial score (nSPS) is 12.5. The molecule has 0 aliphatic heterocycles. The zero-order chi connectivity index (χ0) is 23.3. The van der Waals surface area contributed by atoms with Crippen LogP contribution in [0.2, 0.25) is 0 Å². The predicted molar refractivity (Wildman–Crippen MR) is 171 cm³/mol. The van der Waals surface area contributed by atoms with Crippen molar-refractivity contribution in [2.75, 3.05) is 0 Å².